The van der Waals surface area contributed by atoms with Crippen LogP contribution in [0.5, 0.6) is 11.5 Å². The number of aromatic nitrogens is 3. The number of ether oxygens (including phenoxy) is 1. The molecule has 4 nitrogen and oxygen atoms in total. The summed E-state index contributed by atoms with van der Waals surface area (Å²) in [7, 11) is 0. The van der Waals surface area contributed by atoms with Gasteiger partial charge in [-0.3, -0.25) is 0 Å². The molecule has 5 heteroatoms. The molecule has 0 saturated heterocycles. The summed E-state index contributed by atoms with van der Waals surface area (Å²) >= 11 is 0.210. The molecular formula is C28H19N3OSe. The number of fused-ring (bicyclic) bond motifs is 2. The first-order chi connectivity index (χ1) is 16.2. The molecule has 0 aliphatic carbocycles. The average molecular weight is 492 g/mol. The minimum absolute atomic E-state index is 0.210. The van der Waals surface area contributed by atoms with Gasteiger partial charge in [-0.1, -0.05) is 6.07 Å². The second-order valence-corrected chi connectivity index (χ2v) is 10.0. The Morgan fingerprint density at radius 1 is 0.727 bits per heavy atom. The van der Waals surface area contributed by atoms with E-state index in [9.17, 15) is 0 Å². The zero-order valence-corrected chi connectivity index (χ0v) is 19.6. The molecule has 0 atom stereocenters. The second-order valence-electron chi connectivity index (χ2n) is 7.84. The van der Waals surface area contributed by atoms with E-state index < -0.39 is 0 Å². The Morgan fingerprint density at radius 2 is 1.48 bits per heavy atom. The van der Waals surface area contributed by atoms with Gasteiger partial charge in [-0.2, -0.15) is 0 Å². The van der Waals surface area contributed by atoms with E-state index in [2.05, 4.69) is 65.4 Å². The fraction of sp³-hybridized carbons (Fsp3) is 0.0357. The van der Waals surface area contributed by atoms with Crippen LogP contribution in [-0.2, 0) is 0 Å². The number of aryl methyl sites for hydroxylation is 1. The van der Waals surface area contributed by atoms with Crippen molar-refractivity contribution in [2.24, 2.45) is 0 Å². The van der Waals surface area contributed by atoms with E-state index >= 15 is 0 Å². The number of nitrogens with zero attached hydrogens (tertiary/aromatic N) is 3. The fourth-order valence-electron chi connectivity index (χ4n) is 4.00. The van der Waals surface area contributed by atoms with Crippen molar-refractivity contribution in [1.82, 2.24) is 15.0 Å². The SMILES string of the molecule is Cc1cccc2c(-c3cccc(Oc4cccc(-c5nc6ccccc6[se]5)c4)c3)ncnc12. The molecule has 33 heavy (non-hydrogen) atoms. The molecule has 158 valence electrons. The van der Waals surface area contributed by atoms with Crippen molar-refractivity contribution in [2.75, 3.05) is 0 Å². The Balaban J connectivity index is 1.34. The van der Waals surface area contributed by atoms with Crippen LogP contribution in [0, 0.1) is 6.92 Å². The molecule has 6 rings (SSSR count). The van der Waals surface area contributed by atoms with Crippen LogP contribution in [0.4, 0.5) is 0 Å². The Bertz CT molecular complexity index is 1590. The average Bonchev–Trinajstić information content (AvgIpc) is 3.29. The predicted molar refractivity (Wildman–Crippen MR) is 134 cm³/mol. The molecule has 0 bridgehead atoms. The summed E-state index contributed by atoms with van der Waals surface area (Å²) in [5, 5.41) is 1.04. The Kier molecular flexibility index (Phi) is 4.99. The van der Waals surface area contributed by atoms with Crippen molar-refractivity contribution in [2.45, 2.75) is 6.92 Å². The molecular weight excluding hydrogens is 473 g/mol. The van der Waals surface area contributed by atoms with Gasteiger partial charge >= 0.3 is 185 Å². The molecule has 0 spiro atoms. The third kappa shape index (κ3) is 3.82. The summed E-state index contributed by atoms with van der Waals surface area (Å²) in [6.45, 7) is 2.07. The molecule has 0 aliphatic heterocycles. The number of hydrogen-bond donors (Lipinski definition) is 0. The van der Waals surface area contributed by atoms with Crippen LogP contribution < -0.4 is 4.74 Å². The van der Waals surface area contributed by atoms with Gasteiger partial charge in [0, 0.05) is 0 Å². The van der Waals surface area contributed by atoms with Crippen LogP contribution in [0.3, 0.4) is 0 Å². The molecule has 0 saturated carbocycles. The summed E-state index contributed by atoms with van der Waals surface area (Å²) in [6.07, 6.45) is 1.63. The summed E-state index contributed by atoms with van der Waals surface area (Å²) in [5.74, 6) is 1.56. The molecule has 0 unspecified atom stereocenters. The minimum atomic E-state index is 0.210. The van der Waals surface area contributed by atoms with E-state index in [1.54, 1.807) is 6.33 Å². The van der Waals surface area contributed by atoms with Gasteiger partial charge in [0.2, 0.25) is 0 Å². The van der Waals surface area contributed by atoms with E-state index in [4.69, 9.17) is 9.72 Å². The molecule has 0 fully saturated rings. The third-order valence-electron chi connectivity index (χ3n) is 5.58. The monoisotopic (exact) mass is 493 g/mol. The van der Waals surface area contributed by atoms with E-state index in [1.807, 2.05) is 42.5 Å². The van der Waals surface area contributed by atoms with Gasteiger partial charge in [-0.15, -0.1) is 0 Å². The number of para-hydroxylation sites is 2. The van der Waals surface area contributed by atoms with Gasteiger partial charge in [0.15, 0.2) is 0 Å². The van der Waals surface area contributed by atoms with Crippen molar-refractivity contribution in [3.8, 4) is 32.9 Å². The Labute approximate surface area is 197 Å². The van der Waals surface area contributed by atoms with Crippen molar-refractivity contribution in [3.05, 3.63) is 103 Å². The molecule has 6 aromatic rings. The van der Waals surface area contributed by atoms with Crippen LogP contribution in [0.2, 0.25) is 0 Å². The van der Waals surface area contributed by atoms with E-state index in [1.165, 1.54) is 4.26 Å². The number of hydrogen-bond acceptors (Lipinski definition) is 4. The quantitative estimate of drug-likeness (QED) is 0.258. The first-order valence-corrected chi connectivity index (χ1v) is 12.4. The number of rotatable bonds is 4. The van der Waals surface area contributed by atoms with Gasteiger partial charge < -0.3 is 0 Å². The van der Waals surface area contributed by atoms with Gasteiger partial charge in [0.1, 0.15) is 0 Å². The maximum atomic E-state index is 6.26. The zero-order chi connectivity index (χ0) is 22.2. The maximum absolute atomic E-state index is 6.26. The van der Waals surface area contributed by atoms with Crippen LogP contribution in [0.25, 0.3) is 42.1 Å². The molecule has 0 N–H and O–H groups in total. The molecule has 4 aromatic carbocycles. The predicted octanol–water partition coefficient (Wildman–Crippen LogP) is 6.67. The Morgan fingerprint density at radius 3 is 2.33 bits per heavy atom. The first kappa shape index (κ1) is 19.9. The molecule has 0 amide bonds. The van der Waals surface area contributed by atoms with Crippen LogP contribution in [-0.4, -0.2) is 29.5 Å². The summed E-state index contributed by atoms with van der Waals surface area (Å²) in [4.78, 5) is 13.9. The van der Waals surface area contributed by atoms with Gasteiger partial charge in [-0.05, 0) is 6.92 Å². The van der Waals surface area contributed by atoms with Gasteiger partial charge in [-0.25, -0.2) is 0 Å². The van der Waals surface area contributed by atoms with Crippen LogP contribution >= 0.6 is 0 Å². The fourth-order valence-corrected chi connectivity index (χ4v) is 6.01. The van der Waals surface area contributed by atoms with Crippen molar-refractivity contribution >= 4 is 35.2 Å². The topological polar surface area (TPSA) is 47.9 Å². The third-order valence-corrected chi connectivity index (χ3v) is 7.86. The normalized spacial score (nSPS) is 11.2. The molecule has 2 aromatic heterocycles. The summed E-state index contributed by atoms with van der Waals surface area (Å²) < 4.78 is 8.72. The van der Waals surface area contributed by atoms with Crippen molar-refractivity contribution in [1.29, 1.82) is 0 Å². The van der Waals surface area contributed by atoms with Gasteiger partial charge in [0.05, 0.1) is 0 Å². The van der Waals surface area contributed by atoms with E-state index in [0.717, 1.165) is 54.9 Å². The van der Waals surface area contributed by atoms with Gasteiger partial charge in [0.25, 0.3) is 0 Å². The molecule has 0 radical (unpaired) electrons. The summed E-state index contributed by atoms with van der Waals surface area (Å²) in [5.41, 5.74) is 6.21. The zero-order valence-electron chi connectivity index (χ0n) is 17.9. The van der Waals surface area contributed by atoms with E-state index in [0.29, 0.717) is 0 Å². The van der Waals surface area contributed by atoms with Crippen molar-refractivity contribution in [3.63, 3.8) is 0 Å². The number of benzene rings is 4. The standard InChI is InChI=1S/C28H19N3OSe/c1-18-7-4-12-23-26(18)29-17-30-27(23)19-8-5-10-21(15-19)32-22-11-6-9-20(16-22)28-31-24-13-2-3-14-25(24)33-28/h2-17H,1H3. The second kappa shape index (κ2) is 8.28. The van der Waals surface area contributed by atoms with Crippen LogP contribution in [0.1, 0.15) is 5.56 Å². The van der Waals surface area contributed by atoms with Crippen molar-refractivity contribution < 1.29 is 4.74 Å². The summed E-state index contributed by atoms with van der Waals surface area (Å²) in [6, 6.07) is 30.8. The first-order valence-electron chi connectivity index (χ1n) is 10.7. The molecule has 0 aliphatic rings. The Hall–Kier alpha value is -3.79. The van der Waals surface area contributed by atoms with E-state index in [-0.39, 0.29) is 14.5 Å². The van der Waals surface area contributed by atoms with Crippen LogP contribution in [0.15, 0.2) is 97.3 Å². The molecule has 2 heterocycles.